The molecule has 2 rings (SSSR count). The maximum atomic E-state index is 4.51. The quantitative estimate of drug-likeness (QED) is 0.765. The van der Waals surface area contributed by atoms with Crippen LogP contribution in [0.3, 0.4) is 0 Å². The summed E-state index contributed by atoms with van der Waals surface area (Å²) in [6.45, 7) is 4.15. The summed E-state index contributed by atoms with van der Waals surface area (Å²) in [6, 6.07) is 1.97. The predicted molar refractivity (Wildman–Crippen MR) is 61.2 cm³/mol. The molecule has 2 N–H and O–H groups in total. The van der Waals surface area contributed by atoms with E-state index in [1.807, 2.05) is 20.0 Å². The Hall–Kier alpha value is -1.16. The smallest absolute Gasteiger partial charge is 0.135 e. The molecule has 0 aromatic carbocycles. The fourth-order valence-corrected chi connectivity index (χ4v) is 1.97. The van der Waals surface area contributed by atoms with E-state index in [2.05, 4.69) is 20.6 Å². The molecule has 0 saturated carbocycles. The summed E-state index contributed by atoms with van der Waals surface area (Å²) >= 11 is 0. The zero-order valence-electron chi connectivity index (χ0n) is 9.38. The monoisotopic (exact) mass is 206 g/mol. The van der Waals surface area contributed by atoms with Gasteiger partial charge in [0.1, 0.15) is 11.6 Å². The van der Waals surface area contributed by atoms with Crippen molar-refractivity contribution in [2.75, 3.05) is 25.5 Å². The molecular formula is C11H18N4. The van der Waals surface area contributed by atoms with Gasteiger partial charge < -0.3 is 10.6 Å². The molecule has 0 bridgehead atoms. The van der Waals surface area contributed by atoms with E-state index in [1.54, 1.807) is 0 Å². The number of aryl methyl sites for hydroxylation is 1. The van der Waals surface area contributed by atoms with Gasteiger partial charge in [0.05, 0.1) is 0 Å². The van der Waals surface area contributed by atoms with Crippen molar-refractivity contribution in [2.45, 2.75) is 25.7 Å². The summed E-state index contributed by atoms with van der Waals surface area (Å²) in [5, 5.41) is 6.47. The van der Waals surface area contributed by atoms with Crippen molar-refractivity contribution in [1.29, 1.82) is 0 Å². The van der Waals surface area contributed by atoms with E-state index >= 15 is 0 Å². The molecule has 4 nitrogen and oxygen atoms in total. The molecule has 1 aliphatic heterocycles. The summed E-state index contributed by atoms with van der Waals surface area (Å²) in [5.74, 6) is 2.38. The van der Waals surface area contributed by atoms with Gasteiger partial charge in [0, 0.05) is 31.3 Å². The minimum absolute atomic E-state index is 0.478. The lowest BCUT2D eigenvalue weighted by molar-refractivity contribution is 0.446. The van der Waals surface area contributed by atoms with Crippen molar-refractivity contribution in [3.05, 3.63) is 17.6 Å². The Bertz CT molecular complexity index is 331. The van der Waals surface area contributed by atoms with Crippen molar-refractivity contribution in [2.24, 2.45) is 0 Å². The number of nitrogens with zero attached hydrogens (tertiary/aromatic N) is 2. The minimum Gasteiger partial charge on any atom is -0.373 e. The molecule has 1 aromatic heterocycles. The highest BCUT2D eigenvalue weighted by molar-refractivity contribution is 5.35. The highest BCUT2D eigenvalue weighted by Gasteiger charge is 2.18. The van der Waals surface area contributed by atoms with Crippen LogP contribution in [0.2, 0.25) is 0 Å². The Balaban J connectivity index is 2.22. The summed E-state index contributed by atoms with van der Waals surface area (Å²) in [6.07, 6.45) is 2.41. The highest BCUT2D eigenvalue weighted by atomic mass is 15.0. The molecule has 2 heterocycles. The van der Waals surface area contributed by atoms with Gasteiger partial charge in [-0.1, -0.05) is 0 Å². The molecule has 1 fully saturated rings. The molecule has 1 aromatic rings. The van der Waals surface area contributed by atoms with E-state index < -0.39 is 0 Å². The van der Waals surface area contributed by atoms with E-state index in [0.29, 0.717) is 5.92 Å². The molecule has 1 aliphatic rings. The molecule has 4 heteroatoms. The van der Waals surface area contributed by atoms with E-state index in [0.717, 1.165) is 30.4 Å². The largest absolute Gasteiger partial charge is 0.373 e. The maximum absolute atomic E-state index is 4.51. The van der Waals surface area contributed by atoms with Crippen molar-refractivity contribution >= 4 is 5.82 Å². The second-order valence-corrected chi connectivity index (χ2v) is 4.05. The molecule has 1 unspecified atom stereocenters. The number of nitrogens with one attached hydrogen (secondary N) is 2. The van der Waals surface area contributed by atoms with Crippen LogP contribution in [0, 0.1) is 6.92 Å². The van der Waals surface area contributed by atoms with Crippen molar-refractivity contribution in [3.63, 3.8) is 0 Å². The zero-order chi connectivity index (χ0) is 10.7. The Morgan fingerprint density at radius 1 is 1.47 bits per heavy atom. The Kier molecular flexibility index (Phi) is 3.16. The van der Waals surface area contributed by atoms with Gasteiger partial charge in [0.25, 0.3) is 0 Å². The maximum Gasteiger partial charge on any atom is 0.135 e. The standard InChI is InChI=1S/C11H18N4/c1-8-6-10(12-2)15-11(14-8)9-4-3-5-13-7-9/h6,9,13H,3-5,7H2,1-2H3,(H,12,14,15). The second kappa shape index (κ2) is 4.57. The molecule has 1 saturated heterocycles. The van der Waals surface area contributed by atoms with Gasteiger partial charge >= 0.3 is 0 Å². The lowest BCUT2D eigenvalue weighted by Crippen LogP contribution is -2.29. The summed E-state index contributed by atoms with van der Waals surface area (Å²) < 4.78 is 0. The summed E-state index contributed by atoms with van der Waals surface area (Å²) in [7, 11) is 1.89. The van der Waals surface area contributed by atoms with Crippen LogP contribution < -0.4 is 10.6 Å². The lowest BCUT2D eigenvalue weighted by atomic mass is 9.99. The van der Waals surface area contributed by atoms with Crippen LogP contribution in [-0.2, 0) is 0 Å². The first kappa shape index (κ1) is 10.4. The highest BCUT2D eigenvalue weighted by Crippen LogP contribution is 2.21. The van der Waals surface area contributed by atoms with Crippen molar-refractivity contribution < 1.29 is 0 Å². The third-order valence-corrected chi connectivity index (χ3v) is 2.79. The van der Waals surface area contributed by atoms with Gasteiger partial charge in [-0.2, -0.15) is 0 Å². The van der Waals surface area contributed by atoms with Gasteiger partial charge in [-0.15, -0.1) is 0 Å². The summed E-state index contributed by atoms with van der Waals surface area (Å²) in [4.78, 5) is 9.03. The summed E-state index contributed by atoms with van der Waals surface area (Å²) in [5.41, 5.74) is 1.04. The van der Waals surface area contributed by atoms with Crippen LogP contribution in [-0.4, -0.2) is 30.1 Å². The number of aromatic nitrogens is 2. The van der Waals surface area contributed by atoms with E-state index in [9.17, 15) is 0 Å². The molecular weight excluding hydrogens is 188 g/mol. The van der Waals surface area contributed by atoms with Crippen molar-refractivity contribution in [3.8, 4) is 0 Å². The van der Waals surface area contributed by atoms with Crippen LogP contribution >= 0.6 is 0 Å². The zero-order valence-corrected chi connectivity index (χ0v) is 9.38. The first-order chi connectivity index (χ1) is 7.29. The minimum atomic E-state index is 0.478. The van der Waals surface area contributed by atoms with E-state index in [-0.39, 0.29) is 0 Å². The normalized spacial score (nSPS) is 21.3. The van der Waals surface area contributed by atoms with Crippen LogP contribution in [0.5, 0.6) is 0 Å². The van der Waals surface area contributed by atoms with Gasteiger partial charge in [-0.25, -0.2) is 9.97 Å². The Morgan fingerprint density at radius 2 is 2.33 bits per heavy atom. The average Bonchev–Trinajstić information content (AvgIpc) is 2.29. The Morgan fingerprint density at radius 3 is 3.00 bits per heavy atom. The van der Waals surface area contributed by atoms with Crippen LogP contribution in [0.4, 0.5) is 5.82 Å². The molecule has 82 valence electrons. The molecule has 0 amide bonds. The number of piperidine rings is 1. The number of hydrogen-bond acceptors (Lipinski definition) is 4. The molecule has 0 aliphatic carbocycles. The SMILES string of the molecule is CNc1cc(C)nc(C2CCCNC2)n1. The van der Waals surface area contributed by atoms with Crippen LogP contribution in [0.25, 0.3) is 0 Å². The van der Waals surface area contributed by atoms with Crippen LogP contribution in [0.1, 0.15) is 30.3 Å². The van der Waals surface area contributed by atoms with E-state index in [4.69, 9.17) is 0 Å². The first-order valence-electron chi connectivity index (χ1n) is 5.53. The third kappa shape index (κ3) is 2.45. The third-order valence-electron chi connectivity index (χ3n) is 2.79. The first-order valence-corrected chi connectivity index (χ1v) is 5.53. The van der Waals surface area contributed by atoms with Gasteiger partial charge in [0.2, 0.25) is 0 Å². The molecule has 15 heavy (non-hydrogen) atoms. The molecule has 0 spiro atoms. The molecule has 0 radical (unpaired) electrons. The lowest BCUT2D eigenvalue weighted by Gasteiger charge is -2.21. The average molecular weight is 206 g/mol. The van der Waals surface area contributed by atoms with Gasteiger partial charge in [-0.05, 0) is 26.3 Å². The fraction of sp³-hybridized carbons (Fsp3) is 0.636. The second-order valence-electron chi connectivity index (χ2n) is 4.05. The Labute approximate surface area is 90.5 Å². The van der Waals surface area contributed by atoms with Gasteiger partial charge in [-0.3, -0.25) is 0 Å². The number of rotatable bonds is 2. The predicted octanol–water partition coefficient (Wildman–Crippen LogP) is 1.29. The topological polar surface area (TPSA) is 49.8 Å². The van der Waals surface area contributed by atoms with E-state index in [1.165, 1.54) is 12.8 Å². The van der Waals surface area contributed by atoms with Crippen LogP contribution in [0.15, 0.2) is 6.07 Å². The molecule has 1 atom stereocenters. The fourth-order valence-electron chi connectivity index (χ4n) is 1.97. The number of anilines is 1. The number of hydrogen-bond donors (Lipinski definition) is 2. The van der Waals surface area contributed by atoms with Gasteiger partial charge in [0.15, 0.2) is 0 Å². The van der Waals surface area contributed by atoms with Crippen molar-refractivity contribution in [1.82, 2.24) is 15.3 Å².